The molecule has 27 heavy (non-hydrogen) atoms. The van der Waals surface area contributed by atoms with Gasteiger partial charge in [0.25, 0.3) is 5.91 Å². The summed E-state index contributed by atoms with van der Waals surface area (Å²) in [6.45, 7) is 4.06. The lowest BCUT2D eigenvalue weighted by Crippen LogP contribution is -2.27. The minimum Gasteiger partial charge on any atom is -0.477 e. The second-order valence-electron chi connectivity index (χ2n) is 6.46. The third-order valence-electron chi connectivity index (χ3n) is 4.82. The number of pyridine rings is 2. The van der Waals surface area contributed by atoms with Crippen LogP contribution < -0.4 is 0 Å². The summed E-state index contributed by atoms with van der Waals surface area (Å²) >= 11 is 0. The number of aryl methyl sites for hydroxylation is 1. The Bertz CT molecular complexity index is 1050. The highest BCUT2D eigenvalue weighted by Crippen LogP contribution is 2.32. The number of rotatable bonds is 4. The quantitative estimate of drug-likeness (QED) is 0.764. The van der Waals surface area contributed by atoms with Crippen LogP contribution in [-0.4, -0.2) is 41.6 Å². The Morgan fingerprint density at radius 3 is 2.78 bits per heavy atom. The zero-order valence-corrected chi connectivity index (χ0v) is 14.8. The lowest BCUT2D eigenvalue weighted by molar-refractivity contribution is 0.0678. The van der Waals surface area contributed by atoms with E-state index in [1.54, 1.807) is 28.0 Å². The van der Waals surface area contributed by atoms with Crippen LogP contribution in [0.4, 0.5) is 0 Å². The number of fused-ring (bicyclic) bond motifs is 1. The van der Waals surface area contributed by atoms with Crippen LogP contribution in [0.25, 0.3) is 5.82 Å². The number of aromatic nitrogens is 4. The molecule has 0 spiro atoms. The molecule has 0 fully saturated rings. The van der Waals surface area contributed by atoms with Crippen LogP contribution in [0.15, 0.2) is 43.0 Å². The molecule has 0 saturated heterocycles. The molecule has 4 heterocycles. The first kappa shape index (κ1) is 16.9. The van der Waals surface area contributed by atoms with Crippen molar-refractivity contribution in [1.82, 2.24) is 24.6 Å². The fourth-order valence-electron chi connectivity index (χ4n) is 3.38. The molecule has 3 aromatic rings. The number of carboxylic acids is 1. The Balaban J connectivity index is 1.65. The van der Waals surface area contributed by atoms with E-state index in [-0.39, 0.29) is 24.2 Å². The zero-order valence-electron chi connectivity index (χ0n) is 14.8. The molecule has 1 atom stereocenters. The van der Waals surface area contributed by atoms with Crippen molar-refractivity contribution in [3.05, 3.63) is 70.9 Å². The molecule has 8 nitrogen and oxygen atoms in total. The van der Waals surface area contributed by atoms with Gasteiger partial charge in [0.15, 0.2) is 11.5 Å². The molecular formula is C19H17N5O3. The van der Waals surface area contributed by atoms with Crippen LogP contribution in [-0.2, 0) is 6.54 Å². The molecule has 0 radical (unpaired) electrons. The molecule has 0 saturated carbocycles. The van der Waals surface area contributed by atoms with Gasteiger partial charge in [-0.2, -0.15) is 5.10 Å². The third kappa shape index (κ3) is 2.75. The molecule has 3 aromatic heterocycles. The molecule has 1 amide bonds. The van der Waals surface area contributed by atoms with Gasteiger partial charge in [0.1, 0.15) is 0 Å². The van der Waals surface area contributed by atoms with Gasteiger partial charge in [-0.05, 0) is 43.2 Å². The van der Waals surface area contributed by atoms with Gasteiger partial charge in [-0.25, -0.2) is 19.4 Å². The van der Waals surface area contributed by atoms with E-state index in [2.05, 4.69) is 15.1 Å². The van der Waals surface area contributed by atoms with Crippen LogP contribution in [0.1, 0.15) is 50.5 Å². The highest BCUT2D eigenvalue weighted by atomic mass is 16.4. The fourth-order valence-corrected chi connectivity index (χ4v) is 3.38. The molecule has 8 heteroatoms. The number of nitrogens with zero attached hydrogens (tertiary/aromatic N) is 5. The Labute approximate surface area is 155 Å². The van der Waals surface area contributed by atoms with Gasteiger partial charge in [-0.3, -0.25) is 4.79 Å². The molecule has 136 valence electrons. The minimum atomic E-state index is -1.13. The summed E-state index contributed by atoms with van der Waals surface area (Å²) in [5.74, 6) is -0.601. The predicted molar refractivity (Wildman–Crippen MR) is 95.6 cm³/mol. The SMILES string of the molecule is Cc1cc(C(C)N2Cc3c(ccnc3C(=O)O)C2=O)cnc1-n1cccn1. The van der Waals surface area contributed by atoms with Gasteiger partial charge < -0.3 is 10.0 Å². The van der Waals surface area contributed by atoms with Crippen molar-refractivity contribution in [3.8, 4) is 5.82 Å². The van der Waals surface area contributed by atoms with Gasteiger partial charge in [0.05, 0.1) is 6.04 Å². The Hall–Kier alpha value is -3.55. The van der Waals surface area contributed by atoms with Crippen molar-refractivity contribution in [1.29, 1.82) is 0 Å². The van der Waals surface area contributed by atoms with Crippen molar-refractivity contribution in [2.24, 2.45) is 0 Å². The van der Waals surface area contributed by atoms with Crippen LogP contribution in [0.5, 0.6) is 0 Å². The Kier molecular flexibility index (Phi) is 3.95. The second-order valence-corrected chi connectivity index (χ2v) is 6.46. The average molecular weight is 363 g/mol. The lowest BCUT2D eigenvalue weighted by atomic mass is 10.1. The normalized spacial score (nSPS) is 14.3. The van der Waals surface area contributed by atoms with E-state index in [0.717, 1.165) is 16.9 Å². The molecule has 0 aromatic carbocycles. The lowest BCUT2D eigenvalue weighted by Gasteiger charge is -2.25. The van der Waals surface area contributed by atoms with E-state index in [0.29, 0.717) is 11.1 Å². The zero-order chi connectivity index (χ0) is 19.1. The van der Waals surface area contributed by atoms with Gasteiger partial charge in [0.2, 0.25) is 0 Å². The van der Waals surface area contributed by atoms with E-state index < -0.39 is 5.97 Å². The van der Waals surface area contributed by atoms with Crippen molar-refractivity contribution >= 4 is 11.9 Å². The maximum Gasteiger partial charge on any atom is 0.354 e. The Morgan fingerprint density at radius 2 is 2.11 bits per heavy atom. The highest BCUT2D eigenvalue weighted by Gasteiger charge is 2.35. The summed E-state index contributed by atoms with van der Waals surface area (Å²) in [4.78, 5) is 34.2. The smallest absolute Gasteiger partial charge is 0.354 e. The summed E-state index contributed by atoms with van der Waals surface area (Å²) in [6, 6.07) is 5.11. The molecule has 4 rings (SSSR count). The monoisotopic (exact) mass is 363 g/mol. The molecular weight excluding hydrogens is 346 g/mol. The standard InChI is InChI=1S/C19H17N5O3/c1-11-8-13(9-21-17(11)24-7-3-5-22-24)12(2)23-10-15-14(18(23)25)4-6-20-16(15)19(26)27/h3-9,12H,10H2,1-2H3,(H,26,27). The summed E-state index contributed by atoms with van der Waals surface area (Å²) in [7, 11) is 0. The number of hydrogen-bond donors (Lipinski definition) is 1. The highest BCUT2D eigenvalue weighted by molar-refractivity contribution is 6.01. The predicted octanol–water partition coefficient (Wildman–Crippen LogP) is 2.39. The van der Waals surface area contributed by atoms with Gasteiger partial charge in [0, 0.05) is 42.5 Å². The molecule has 1 aliphatic heterocycles. The van der Waals surface area contributed by atoms with E-state index in [4.69, 9.17) is 0 Å². The maximum absolute atomic E-state index is 12.8. The van der Waals surface area contributed by atoms with E-state index >= 15 is 0 Å². The molecule has 1 aliphatic rings. The fraction of sp³-hybridized carbons (Fsp3) is 0.211. The summed E-state index contributed by atoms with van der Waals surface area (Å²) < 4.78 is 1.69. The van der Waals surface area contributed by atoms with E-state index in [9.17, 15) is 14.7 Å². The minimum absolute atomic E-state index is 0.0705. The summed E-state index contributed by atoms with van der Waals surface area (Å²) in [5.41, 5.74) is 2.58. The number of carboxylic acid groups (broad SMARTS) is 1. The first-order chi connectivity index (χ1) is 13.0. The molecule has 1 unspecified atom stereocenters. The van der Waals surface area contributed by atoms with Crippen molar-refractivity contribution < 1.29 is 14.7 Å². The topological polar surface area (TPSA) is 101 Å². The number of carbonyl (C=O) groups is 2. The molecule has 0 bridgehead atoms. The van der Waals surface area contributed by atoms with E-state index in [1.165, 1.54) is 6.20 Å². The van der Waals surface area contributed by atoms with Gasteiger partial charge in [-0.1, -0.05) is 0 Å². The number of amides is 1. The largest absolute Gasteiger partial charge is 0.477 e. The number of aromatic carboxylic acids is 1. The molecule has 0 aliphatic carbocycles. The first-order valence-corrected chi connectivity index (χ1v) is 8.46. The van der Waals surface area contributed by atoms with Crippen molar-refractivity contribution in [2.75, 3.05) is 0 Å². The summed E-state index contributed by atoms with van der Waals surface area (Å²) in [6.07, 6.45) is 6.59. The first-order valence-electron chi connectivity index (χ1n) is 8.46. The van der Waals surface area contributed by atoms with Crippen molar-refractivity contribution in [3.63, 3.8) is 0 Å². The van der Waals surface area contributed by atoms with Crippen LogP contribution in [0.2, 0.25) is 0 Å². The maximum atomic E-state index is 12.8. The van der Waals surface area contributed by atoms with Crippen LogP contribution >= 0.6 is 0 Å². The Morgan fingerprint density at radius 1 is 1.30 bits per heavy atom. The van der Waals surface area contributed by atoms with Gasteiger partial charge >= 0.3 is 5.97 Å². The summed E-state index contributed by atoms with van der Waals surface area (Å²) in [5, 5.41) is 13.5. The van der Waals surface area contributed by atoms with Gasteiger partial charge in [-0.15, -0.1) is 0 Å². The number of carbonyl (C=O) groups excluding carboxylic acids is 1. The van der Waals surface area contributed by atoms with Crippen LogP contribution in [0.3, 0.4) is 0 Å². The number of hydrogen-bond acceptors (Lipinski definition) is 5. The molecule has 1 N–H and O–H groups in total. The van der Waals surface area contributed by atoms with Crippen LogP contribution in [0, 0.1) is 6.92 Å². The average Bonchev–Trinajstić information content (AvgIpc) is 3.29. The third-order valence-corrected chi connectivity index (χ3v) is 4.82. The second kappa shape index (κ2) is 6.31. The van der Waals surface area contributed by atoms with Crippen molar-refractivity contribution in [2.45, 2.75) is 26.4 Å². The van der Waals surface area contributed by atoms with E-state index in [1.807, 2.05) is 32.2 Å².